The van der Waals surface area contributed by atoms with E-state index in [1.165, 1.54) is 42.5 Å². The number of azo groups is 1. The maximum Gasteiger partial charge on any atom is 0.295 e. The molecule has 0 spiro atoms. The third kappa shape index (κ3) is 6.29. The predicted octanol–water partition coefficient (Wildman–Crippen LogP) is 5.22. The molecular formula is C24H18N4O9S2. The van der Waals surface area contributed by atoms with Crippen molar-refractivity contribution < 1.29 is 35.7 Å². The molecule has 0 saturated carbocycles. The normalized spacial score (nSPS) is 12.1. The fraction of sp³-hybridized carbons (Fsp3) is 0.0417. The van der Waals surface area contributed by atoms with E-state index in [-0.39, 0.29) is 27.7 Å². The lowest BCUT2D eigenvalue weighted by Gasteiger charge is -2.08. The quantitative estimate of drug-likeness (QED) is 0.115. The Labute approximate surface area is 221 Å². The van der Waals surface area contributed by atoms with Crippen molar-refractivity contribution in [3.05, 3.63) is 94.0 Å². The van der Waals surface area contributed by atoms with E-state index in [2.05, 4.69) is 15.5 Å². The minimum Gasteiger partial charge on any atom is -0.322 e. The minimum atomic E-state index is -4.86. The first kappa shape index (κ1) is 27.5. The van der Waals surface area contributed by atoms with Crippen molar-refractivity contribution in [2.45, 2.75) is 16.7 Å². The molecule has 1 amide bonds. The largest absolute Gasteiger partial charge is 0.322 e. The van der Waals surface area contributed by atoms with Crippen LogP contribution in [-0.4, -0.2) is 36.8 Å². The van der Waals surface area contributed by atoms with Gasteiger partial charge in [0, 0.05) is 28.8 Å². The Hall–Kier alpha value is -4.57. The third-order valence-corrected chi connectivity index (χ3v) is 7.24. The van der Waals surface area contributed by atoms with Gasteiger partial charge in [0.2, 0.25) is 0 Å². The summed E-state index contributed by atoms with van der Waals surface area (Å²) in [6.45, 7) is 1.71. The summed E-state index contributed by atoms with van der Waals surface area (Å²) in [7, 11) is -9.59. The maximum atomic E-state index is 12.5. The highest BCUT2D eigenvalue weighted by Gasteiger charge is 2.20. The molecule has 4 aromatic carbocycles. The number of nitrogens with zero attached hydrogens (tertiary/aromatic N) is 3. The van der Waals surface area contributed by atoms with Crippen LogP contribution in [0.2, 0.25) is 0 Å². The average molecular weight is 571 g/mol. The van der Waals surface area contributed by atoms with Crippen LogP contribution >= 0.6 is 0 Å². The summed E-state index contributed by atoms with van der Waals surface area (Å²) >= 11 is 0. The first-order valence-electron chi connectivity index (χ1n) is 10.8. The van der Waals surface area contributed by atoms with Crippen LogP contribution < -0.4 is 5.32 Å². The molecule has 0 radical (unpaired) electrons. The molecule has 13 nitrogen and oxygen atoms in total. The van der Waals surface area contributed by atoms with Crippen molar-refractivity contribution in [1.29, 1.82) is 0 Å². The molecule has 4 rings (SSSR count). The van der Waals surface area contributed by atoms with Crippen LogP contribution in [0.5, 0.6) is 0 Å². The second kappa shape index (κ2) is 10.3. The van der Waals surface area contributed by atoms with Crippen molar-refractivity contribution in [2.24, 2.45) is 10.2 Å². The highest BCUT2D eigenvalue weighted by Crippen LogP contribution is 2.32. The Balaban J connectivity index is 1.58. The zero-order valence-corrected chi connectivity index (χ0v) is 21.5. The zero-order chi connectivity index (χ0) is 28.5. The highest BCUT2D eigenvalue weighted by molar-refractivity contribution is 7.86. The second-order valence-electron chi connectivity index (χ2n) is 8.24. The van der Waals surface area contributed by atoms with Gasteiger partial charge in [0.15, 0.2) is 0 Å². The van der Waals surface area contributed by atoms with Gasteiger partial charge in [-0.2, -0.15) is 27.1 Å². The number of benzene rings is 4. The molecule has 15 heteroatoms. The molecule has 0 fully saturated rings. The van der Waals surface area contributed by atoms with E-state index in [1.807, 2.05) is 0 Å². The van der Waals surface area contributed by atoms with Crippen LogP contribution in [0, 0.1) is 17.0 Å². The summed E-state index contributed by atoms with van der Waals surface area (Å²) < 4.78 is 65.6. The van der Waals surface area contributed by atoms with Gasteiger partial charge in [-0.05, 0) is 72.5 Å². The number of carbonyl (C=O) groups excluding carboxylic acids is 1. The summed E-state index contributed by atoms with van der Waals surface area (Å²) in [4.78, 5) is 21.2. The number of carbonyl (C=O) groups is 1. The SMILES string of the molecule is Cc1cc(NC(=O)c2ccc([N+](=O)[O-])cc2)ccc1N=Nc1ccc2cc(S(=O)(=O)O)cc(S(=O)(=O)O)c2c1. The minimum absolute atomic E-state index is 0.0395. The van der Waals surface area contributed by atoms with E-state index in [4.69, 9.17) is 0 Å². The molecular weight excluding hydrogens is 552 g/mol. The summed E-state index contributed by atoms with van der Waals surface area (Å²) in [5.41, 5.74) is 1.75. The average Bonchev–Trinajstić information content (AvgIpc) is 2.86. The molecule has 4 aromatic rings. The number of hydrogen-bond donors (Lipinski definition) is 3. The van der Waals surface area contributed by atoms with E-state index in [0.717, 1.165) is 6.07 Å². The topological polar surface area (TPSA) is 206 Å². The Kier molecular flexibility index (Phi) is 7.25. The Bertz CT molecular complexity index is 1890. The van der Waals surface area contributed by atoms with E-state index < -0.39 is 40.9 Å². The lowest BCUT2D eigenvalue weighted by atomic mass is 10.1. The number of nitrogens with one attached hydrogen (secondary N) is 1. The number of hydrogen-bond acceptors (Lipinski definition) is 9. The molecule has 39 heavy (non-hydrogen) atoms. The standard InChI is InChI=1S/C24H18N4O9S2/c1-14-10-17(25-24(29)15-3-7-19(8-4-15)28(30)31)6-9-22(14)27-26-18-5-2-16-11-20(38(32,33)34)13-23(21(16)12-18)39(35,36)37/h2-13H,1H3,(H,25,29)(H,32,33,34)(H,35,36,37). The first-order chi connectivity index (χ1) is 18.2. The number of aryl methyl sites for hydroxylation is 1. The van der Waals surface area contributed by atoms with Crippen molar-refractivity contribution in [1.82, 2.24) is 0 Å². The van der Waals surface area contributed by atoms with Gasteiger partial charge in [-0.25, -0.2) is 0 Å². The summed E-state index contributed by atoms with van der Waals surface area (Å²) in [6.07, 6.45) is 0. The van der Waals surface area contributed by atoms with E-state index >= 15 is 0 Å². The van der Waals surface area contributed by atoms with Crippen molar-refractivity contribution in [3.8, 4) is 0 Å². The van der Waals surface area contributed by atoms with Gasteiger partial charge in [0.25, 0.3) is 31.8 Å². The second-order valence-corrected chi connectivity index (χ2v) is 11.0. The molecule has 0 unspecified atom stereocenters. The first-order valence-corrected chi connectivity index (χ1v) is 13.7. The smallest absolute Gasteiger partial charge is 0.295 e. The molecule has 0 aliphatic carbocycles. The number of anilines is 1. The van der Waals surface area contributed by atoms with Crippen LogP contribution in [0.1, 0.15) is 15.9 Å². The molecule has 0 bridgehead atoms. The van der Waals surface area contributed by atoms with E-state index in [1.54, 1.807) is 25.1 Å². The van der Waals surface area contributed by atoms with Crippen molar-refractivity contribution in [3.63, 3.8) is 0 Å². The molecule has 0 aliphatic rings. The van der Waals surface area contributed by atoms with E-state index in [9.17, 15) is 40.8 Å². The number of non-ortho nitro benzene ring substituents is 1. The lowest BCUT2D eigenvalue weighted by molar-refractivity contribution is -0.384. The van der Waals surface area contributed by atoms with Crippen LogP contribution in [0.15, 0.2) is 92.8 Å². The lowest BCUT2D eigenvalue weighted by Crippen LogP contribution is -2.11. The van der Waals surface area contributed by atoms with Gasteiger partial charge in [0.1, 0.15) is 4.90 Å². The summed E-state index contributed by atoms with van der Waals surface area (Å²) in [5.74, 6) is -0.471. The van der Waals surface area contributed by atoms with Gasteiger partial charge >= 0.3 is 0 Å². The van der Waals surface area contributed by atoms with Gasteiger partial charge in [-0.15, -0.1) is 0 Å². The molecule has 0 aromatic heterocycles. The fourth-order valence-electron chi connectivity index (χ4n) is 3.60. The van der Waals surface area contributed by atoms with Crippen LogP contribution in [0.4, 0.5) is 22.7 Å². The van der Waals surface area contributed by atoms with Crippen LogP contribution in [0.25, 0.3) is 10.8 Å². The maximum absolute atomic E-state index is 12.5. The van der Waals surface area contributed by atoms with Crippen LogP contribution in [-0.2, 0) is 20.2 Å². The van der Waals surface area contributed by atoms with Gasteiger partial charge in [0.05, 0.1) is 21.2 Å². The highest BCUT2D eigenvalue weighted by atomic mass is 32.2. The Morgan fingerprint density at radius 3 is 2.15 bits per heavy atom. The number of fused-ring (bicyclic) bond motifs is 1. The van der Waals surface area contributed by atoms with Crippen molar-refractivity contribution in [2.75, 3.05) is 5.32 Å². The molecule has 0 atom stereocenters. The van der Waals surface area contributed by atoms with E-state index in [0.29, 0.717) is 23.0 Å². The van der Waals surface area contributed by atoms with Crippen LogP contribution in [0.3, 0.4) is 0 Å². The molecule has 3 N–H and O–H groups in total. The predicted molar refractivity (Wildman–Crippen MR) is 140 cm³/mol. The zero-order valence-electron chi connectivity index (χ0n) is 19.8. The molecule has 200 valence electrons. The number of nitro benzene ring substituents is 1. The number of rotatable bonds is 7. The number of nitro groups is 1. The number of amides is 1. The third-order valence-electron chi connectivity index (χ3n) is 5.52. The monoisotopic (exact) mass is 570 g/mol. The summed E-state index contributed by atoms with van der Waals surface area (Å²) in [5, 5.41) is 21.7. The molecule has 0 heterocycles. The van der Waals surface area contributed by atoms with Gasteiger partial charge in [-0.3, -0.25) is 24.0 Å². The van der Waals surface area contributed by atoms with Crippen molar-refractivity contribution >= 4 is 59.7 Å². The summed E-state index contributed by atoms with van der Waals surface area (Å²) in [6, 6.07) is 15.7. The Morgan fingerprint density at radius 2 is 1.56 bits per heavy atom. The molecule has 0 aliphatic heterocycles. The Morgan fingerprint density at radius 1 is 0.872 bits per heavy atom. The fourth-order valence-corrected chi connectivity index (χ4v) is 4.95. The van der Waals surface area contributed by atoms with Gasteiger partial charge in [-0.1, -0.05) is 6.07 Å². The molecule has 0 saturated heterocycles. The van der Waals surface area contributed by atoms with Gasteiger partial charge < -0.3 is 5.32 Å².